The Morgan fingerprint density at radius 3 is 3.19 bits per heavy atom. The van der Waals surface area contributed by atoms with E-state index in [-0.39, 0.29) is 0 Å². The summed E-state index contributed by atoms with van der Waals surface area (Å²) in [6.07, 6.45) is 1.03. The van der Waals surface area contributed by atoms with Gasteiger partial charge < -0.3 is 9.84 Å². The second-order valence-electron chi connectivity index (χ2n) is 3.75. The normalized spacial score (nSPS) is 21.9. The Kier molecular flexibility index (Phi) is 3.48. The fourth-order valence-electron chi connectivity index (χ4n) is 1.72. The average Bonchev–Trinajstić information content (AvgIpc) is 2.30. The van der Waals surface area contributed by atoms with Gasteiger partial charge in [0.1, 0.15) is 0 Å². The van der Waals surface area contributed by atoms with Crippen LogP contribution in [0.25, 0.3) is 0 Å². The summed E-state index contributed by atoms with van der Waals surface area (Å²) in [4.78, 5) is 17.0. The van der Waals surface area contributed by atoms with Crippen molar-refractivity contribution in [3.8, 4) is 0 Å². The lowest BCUT2D eigenvalue weighted by Gasteiger charge is -2.30. The molecular weight excluding hydrogens is 208 g/mol. The summed E-state index contributed by atoms with van der Waals surface area (Å²) in [6, 6.07) is 5.73. The monoisotopic (exact) mass is 222 g/mol. The number of carboxylic acid groups (broad SMARTS) is 1. The molecule has 1 aliphatic heterocycles. The fourth-order valence-corrected chi connectivity index (χ4v) is 1.72. The molecule has 1 saturated heterocycles. The van der Waals surface area contributed by atoms with E-state index in [1.807, 2.05) is 23.1 Å². The first-order chi connectivity index (χ1) is 7.75. The summed E-state index contributed by atoms with van der Waals surface area (Å²) in [5.74, 6) is -0.897. The number of rotatable bonds is 3. The molecule has 1 aromatic heterocycles. The van der Waals surface area contributed by atoms with Crippen molar-refractivity contribution in [1.82, 2.24) is 9.88 Å². The Morgan fingerprint density at radius 1 is 1.62 bits per heavy atom. The predicted octanol–water partition coefficient (Wildman–Crippen LogP) is 0.367. The molecule has 5 nitrogen and oxygen atoms in total. The Labute approximate surface area is 93.7 Å². The molecule has 0 bridgehead atoms. The molecule has 0 aliphatic carbocycles. The average molecular weight is 222 g/mol. The van der Waals surface area contributed by atoms with Crippen LogP contribution in [0.5, 0.6) is 0 Å². The third kappa shape index (κ3) is 2.77. The van der Waals surface area contributed by atoms with Crippen LogP contribution in [0.1, 0.15) is 5.69 Å². The van der Waals surface area contributed by atoms with E-state index in [1.165, 1.54) is 0 Å². The summed E-state index contributed by atoms with van der Waals surface area (Å²) in [7, 11) is 0. The minimum Gasteiger partial charge on any atom is -0.479 e. The highest BCUT2D eigenvalue weighted by molar-refractivity contribution is 5.72. The van der Waals surface area contributed by atoms with Crippen LogP contribution < -0.4 is 0 Å². The van der Waals surface area contributed by atoms with Crippen molar-refractivity contribution in [3.05, 3.63) is 30.1 Å². The van der Waals surface area contributed by atoms with Crippen molar-refractivity contribution in [2.45, 2.75) is 12.6 Å². The van der Waals surface area contributed by atoms with Gasteiger partial charge in [-0.1, -0.05) is 6.07 Å². The lowest BCUT2D eigenvalue weighted by atomic mass is 10.2. The maximum absolute atomic E-state index is 10.8. The molecule has 0 aromatic carbocycles. The van der Waals surface area contributed by atoms with Crippen LogP contribution >= 0.6 is 0 Å². The van der Waals surface area contributed by atoms with Crippen molar-refractivity contribution >= 4 is 5.97 Å². The number of nitrogens with zero attached hydrogens (tertiary/aromatic N) is 2. The number of carbonyl (C=O) groups is 1. The molecule has 1 fully saturated rings. The number of pyridine rings is 1. The Hall–Kier alpha value is -1.46. The van der Waals surface area contributed by atoms with E-state index in [0.29, 0.717) is 19.7 Å². The van der Waals surface area contributed by atoms with Crippen LogP contribution in [0.15, 0.2) is 24.4 Å². The van der Waals surface area contributed by atoms with Crippen LogP contribution in [0, 0.1) is 0 Å². The molecule has 0 saturated carbocycles. The molecule has 16 heavy (non-hydrogen) atoms. The number of aromatic nitrogens is 1. The largest absolute Gasteiger partial charge is 0.479 e. The summed E-state index contributed by atoms with van der Waals surface area (Å²) >= 11 is 0. The lowest BCUT2D eigenvalue weighted by Crippen LogP contribution is -2.45. The SMILES string of the molecule is O=C(O)[C@@H]1CN(Cc2ccccn2)CCO1. The van der Waals surface area contributed by atoms with E-state index in [0.717, 1.165) is 12.2 Å². The minimum absolute atomic E-state index is 0.423. The number of hydrogen-bond donors (Lipinski definition) is 1. The van der Waals surface area contributed by atoms with Crippen LogP contribution in [0.2, 0.25) is 0 Å². The van der Waals surface area contributed by atoms with Crippen molar-refractivity contribution in [1.29, 1.82) is 0 Å². The number of aliphatic carboxylic acids is 1. The fraction of sp³-hybridized carbons (Fsp3) is 0.455. The van der Waals surface area contributed by atoms with Gasteiger partial charge in [0.05, 0.1) is 12.3 Å². The van der Waals surface area contributed by atoms with E-state index >= 15 is 0 Å². The van der Waals surface area contributed by atoms with Gasteiger partial charge in [0.15, 0.2) is 6.10 Å². The summed E-state index contributed by atoms with van der Waals surface area (Å²) in [5.41, 5.74) is 0.952. The zero-order chi connectivity index (χ0) is 11.4. The summed E-state index contributed by atoms with van der Waals surface area (Å²) in [5, 5.41) is 8.85. The van der Waals surface area contributed by atoms with E-state index in [4.69, 9.17) is 9.84 Å². The lowest BCUT2D eigenvalue weighted by molar-refractivity contribution is -0.156. The third-order valence-electron chi connectivity index (χ3n) is 2.54. The topological polar surface area (TPSA) is 62.7 Å². The van der Waals surface area contributed by atoms with Crippen LogP contribution in [0.4, 0.5) is 0 Å². The van der Waals surface area contributed by atoms with Crippen LogP contribution in [-0.4, -0.2) is 46.8 Å². The standard InChI is InChI=1S/C11H14N2O3/c14-11(15)10-8-13(5-6-16-10)7-9-3-1-2-4-12-9/h1-4,10H,5-8H2,(H,14,15)/t10-/m0/s1. The highest BCUT2D eigenvalue weighted by Gasteiger charge is 2.26. The van der Waals surface area contributed by atoms with E-state index in [1.54, 1.807) is 6.20 Å². The second-order valence-corrected chi connectivity index (χ2v) is 3.75. The Morgan fingerprint density at radius 2 is 2.50 bits per heavy atom. The van der Waals surface area contributed by atoms with Gasteiger partial charge in [-0.25, -0.2) is 4.79 Å². The second kappa shape index (κ2) is 5.05. The molecule has 5 heteroatoms. The van der Waals surface area contributed by atoms with E-state index in [9.17, 15) is 4.79 Å². The first kappa shape index (κ1) is 11.0. The first-order valence-electron chi connectivity index (χ1n) is 5.22. The van der Waals surface area contributed by atoms with E-state index in [2.05, 4.69) is 4.98 Å². The maximum atomic E-state index is 10.8. The van der Waals surface area contributed by atoms with Crippen LogP contribution in [0.3, 0.4) is 0 Å². The minimum atomic E-state index is -0.897. The van der Waals surface area contributed by atoms with E-state index < -0.39 is 12.1 Å². The number of hydrogen-bond acceptors (Lipinski definition) is 4. The molecule has 2 heterocycles. The smallest absolute Gasteiger partial charge is 0.334 e. The zero-order valence-corrected chi connectivity index (χ0v) is 8.87. The first-order valence-corrected chi connectivity index (χ1v) is 5.22. The maximum Gasteiger partial charge on any atom is 0.334 e. The number of morpholine rings is 1. The molecule has 0 unspecified atom stereocenters. The van der Waals surface area contributed by atoms with Gasteiger partial charge in [-0.05, 0) is 12.1 Å². The molecule has 1 atom stereocenters. The molecule has 1 aliphatic rings. The van der Waals surface area contributed by atoms with Gasteiger partial charge in [-0.2, -0.15) is 0 Å². The molecule has 86 valence electrons. The molecule has 1 N–H and O–H groups in total. The highest BCUT2D eigenvalue weighted by atomic mass is 16.5. The number of ether oxygens (including phenoxy) is 1. The molecule has 1 aromatic rings. The Bertz CT molecular complexity index is 356. The van der Waals surface area contributed by atoms with Gasteiger partial charge in [-0.15, -0.1) is 0 Å². The van der Waals surface area contributed by atoms with Crippen molar-refractivity contribution in [3.63, 3.8) is 0 Å². The molecule has 0 amide bonds. The Balaban J connectivity index is 1.93. The molecule has 0 spiro atoms. The number of carboxylic acids is 1. The quantitative estimate of drug-likeness (QED) is 0.800. The molecule has 2 rings (SSSR count). The van der Waals surface area contributed by atoms with Crippen LogP contribution in [-0.2, 0) is 16.1 Å². The zero-order valence-electron chi connectivity index (χ0n) is 8.87. The van der Waals surface area contributed by atoms with Crippen molar-refractivity contribution in [2.75, 3.05) is 19.7 Å². The van der Waals surface area contributed by atoms with Gasteiger partial charge in [-0.3, -0.25) is 9.88 Å². The third-order valence-corrected chi connectivity index (χ3v) is 2.54. The highest BCUT2D eigenvalue weighted by Crippen LogP contribution is 2.08. The summed E-state index contributed by atoms with van der Waals surface area (Å²) < 4.78 is 5.15. The van der Waals surface area contributed by atoms with Gasteiger partial charge in [0.25, 0.3) is 0 Å². The van der Waals surface area contributed by atoms with Gasteiger partial charge >= 0.3 is 5.97 Å². The van der Waals surface area contributed by atoms with Crippen molar-refractivity contribution < 1.29 is 14.6 Å². The molecular formula is C11H14N2O3. The van der Waals surface area contributed by atoms with Gasteiger partial charge in [0, 0.05) is 25.8 Å². The van der Waals surface area contributed by atoms with Crippen molar-refractivity contribution in [2.24, 2.45) is 0 Å². The summed E-state index contributed by atoms with van der Waals surface area (Å²) in [6.45, 7) is 2.31. The van der Waals surface area contributed by atoms with Gasteiger partial charge in [0.2, 0.25) is 0 Å². The molecule has 0 radical (unpaired) electrons. The predicted molar refractivity (Wildman–Crippen MR) is 56.9 cm³/mol.